The molecule has 136 valence electrons. The van der Waals surface area contributed by atoms with Gasteiger partial charge < -0.3 is 14.3 Å². The van der Waals surface area contributed by atoms with Crippen LogP contribution in [0.15, 0.2) is 64.0 Å². The minimum atomic E-state index is -0.424. The topological polar surface area (TPSA) is 86.1 Å². The fourth-order valence-electron chi connectivity index (χ4n) is 2.47. The normalized spacial score (nSPS) is 10.9. The fraction of sp³-hybridized carbons (Fsp3) is 0.0556. The molecule has 27 heavy (non-hydrogen) atoms. The van der Waals surface area contributed by atoms with E-state index in [1.165, 1.54) is 18.5 Å². The first kappa shape index (κ1) is 17.4. The molecule has 0 aliphatic carbocycles. The van der Waals surface area contributed by atoms with Gasteiger partial charge in [0, 0.05) is 27.9 Å². The predicted molar refractivity (Wildman–Crippen MR) is 99.9 cm³/mol. The van der Waals surface area contributed by atoms with Crippen LogP contribution in [-0.2, 0) is 6.54 Å². The Morgan fingerprint density at radius 3 is 2.70 bits per heavy atom. The number of hydrogen-bond acceptors (Lipinski definition) is 5. The summed E-state index contributed by atoms with van der Waals surface area (Å²) in [7, 11) is 0. The highest BCUT2D eigenvalue weighted by molar-refractivity contribution is 6.35. The molecule has 3 heterocycles. The number of benzene rings is 1. The molecule has 0 spiro atoms. The van der Waals surface area contributed by atoms with E-state index < -0.39 is 5.91 Å². The highest BCUT2D eigenvalue weighted by atomic mass is 35.5. The molecule has 4 rings (SSSR count). The van der Waals surface area contributed by atoms with Crippen LogP contribution in [0.2, 0.25) is 10.0 Å². The van der Waals surface area contributed by atoms with Gasteiger partial charge in [0.1, 0.15) is 0 Å². The summed E-state index contributed by atoms with van der Waals surface area (Å²) in [6.07, 6.45) is 4.71. The molecular formula is C18H12Cl2N4O3. The molecular weight excluding hydrogens is 391 g/mol. The van der Waals surface area contributed by atoms with E-state index in [1.807, 2.05) is 0 Å². The van der Waals surface area contributed by atoms with Gasteiger partial charge in [-0.3, -0.25) is 9.48 Å². The number of furan rings is 1. The summed E-state index contributed by atoms with van der Waals surface area (Å²) in [6, 6.07) is 10.2. The van der Waals surface area contributed by atoms with Crippen LogP contribution in [0.25, 0.3) is 11.5 Å². The number of amides is 1. The van der Waals surface area contributed by atoms with Gasteiger partial charge in [-0.15, -0.1) is 0 Å². The van der Waals surface area contributed by atoms with Crippen molar-refractivity contribution in [2.75, 3.05) is 5.32 Å². The Labute approximate surface area is 163 Å². The highest BCUT2D eigenvalue weighted by Crippen LogP contribution is 2.25. The third kappa shape index (κ3) is 3.74. The van der Waals surface area contributed by atoms with Crippen LogP contribution in [-0.4, -0.2) is 20.8 Å². The van der Waals surface area contributed by atoms with E-state index >= 15 is 0 Å². The lowest BCUT2D eigenvalue weighted by Gasteiger charge is -2.06. The van der Waals surface area contributed by atoms with Crippen molar-refractivity contribution in [3.63, 3.8) is 0 Å². The van der Waals surface area contributed by atoms with E-state index in [0.717, 1.165) is 5.56 Å². The number of aromatic nitrogens is 3. The van der Waals surface area contributed by atoms with Crippen LogP contribution < -0.4 is 5.32 Å². The van der Waals surface area contributed by atoms with Gasteiger partial charge in [0.25, 0.3) is 5.91 Å². The number of halogens is 2. The fourth-order valence-corrected chi connectivity index (χ4v) is 2.99. The Kier molecular flexibility index (Phi) is 4.70. The Morgan fingerprint density at radius 1 is 1.15 bits per heavy atom. The summed E-state index contributed by atoms with van der Waals surface area (Å²) < 4.78 is 12.0. The molecule has 9 heteroatoms. The first-order chi connectivity index (χ1) is 13.1. The molecule has 0 aliphatic rings. The SMILES string of the molecule is O=C(Nc1cnn(Cc2c(Cl)cccc2Cl)c1)c1cc(-c2ccco2)on1. The zero-order valence-electron chi connectivity index (χ0n) is 13.7. The van der Waals surface area contributed by atoms with Crippen molar-refractivity contribution in [1.29, 1.82) is 0 Å². The van der Waals surface area contributed by atoms with E-state index in [4.69, 9.17) is 32.1 Å². The maximum atomic E-state index is 12.3. The van der Waals surface area contributed by atoms with Crippen molar-refractivity contribution in [2.24, 2.45) is 0 Å². The molecule has 0 fully saturated rings. The molecule has 0 radical (unpaired) electrons. The van der Waals surface area contributed by atoms with Crippen molar-refractivity contribution < 1.29 is 13.7 Å². The molecule has 7 nitrogen and oxygen atoms in total. The Morgan fingerprint density at radius 2 is 1.96 bits per heavy atom. The molecule has 1 amide bonds. The van der Waals surface area contributed by atoms with Crippen molar-refractivity contribution in [1.82, 2.24) is 14.9 Å². The summed E-state index contributed by atoms with van der Waals surface area (Å²) >= 11 is 12.3. The third-order valence-electron chi connectivity index (χ3n) is 3.78. The van der Waals surface area contributed by atoms with Crippen molar-refractivity contribution in [2.45, 2.75) is 6.54 Å². The number of nitrogens with one attached hydrogen (secondary N) is 1. The van der Waals surface area contributed by atoms with Crippen molar-refractivity contribution in [3.8, 4) is 11.5 Å². The van der Waals surface area contributed by atoms with E-state index in [1.54, 1.807) is 41.2 Å². The smallest absolute Gasteiger partial charge is 0.277 e. The highest BCUT2D eigenvalue weighted by Gasteiger charge is 2.16. The number of hydrogen-bond donors (Lipinski definition) is 1. The van der Waals surface area contributed by atoms with Gasteiger partial charge in [-0.2, -0.15) is 5.10 Å². The van der Waals surface area contributed by atoms with Crippen LogP contribution in [0, 0.1) is 0 Å². The average Bonchev–Trinajstić information content (AvgIpc) is 3.38. The van der Waals surface area contributed by atoms with Crippen LogP contribution in [0.4, 0.5) is 5.69 Å². The summed E-state index contributed by atoms with van der Waals surface area (Å²) in [5.74, 6) is 0.437. The lowest BCUT2D eigenvalue weighted by Crippen LogP contribution is -2.11. The Hall–Kier alpha value is -3.03. The van der Waals surface area contributed by atoms with Gasteiger partial charge in [-0.05, 0) is 24.3 Å². The molecule has 0 aliphatic heterocycles. The third-order valence-corrected chi connectivity index (χ3v) is 4.49. The van der Waals surface area contributed by atoms with Gasteiger partial charge in [0.05, 0.1) is 24.7 Å². The van der Waals surface area contributed by atoms with Gasteiger partial charge in [0.2, 0.25) is 5.76 Å². The zero-order valence-corrected chi connectivity index (χ0v) is 15.2. The maximum absolute atomic E-state index is 12.3. The number of anilines is 1. The van der Waals surface area contributed by atoms with Crippen LogP contribution in [0.1, 0.15) is 16.1 Å². The molecule has 3 aromatic heterocycles. The zero-order chi connectivity index (χ0) is 18.8. The van der Waals surface area contributed by atoms with Gasteiger partial charge >= 0.3 is 0 Å². The lowest BCUT2D eigenvalue weighted by atomic mass is 10.2. The second-order valence-corrected chi connectivity index (χ2v) is 6.45. The number of rotatable bonds is 5. The van der Waals surface area contributed by atoms with E-state index in [2.05, 4.69) is 15.6 Å². The predicted octanol–water partition coefficient (Wildman–Crippen LogP) is 4.74. The lowest BCUT2D eigenvalue weighted by molar-refractivity contribution is 0.101. The molecule has 0 saturated carbocycles. The van der Waals surface area contributed by atoms with Gasteiger partial charge in [0.15, 0.2) is 11.5 Å². The minimum absolute atomic E-state index is 0.128. The summed E-state index contributed by atoms with van der Waals surface area (Å²) in [6.45, 7) is 0.376. The molecule has 1 N–H and O–H groups in total. The van der Waals surface area contributed by atoms with Crippen molar-refractivity contribution >= 4 is 34.8 Å². The van der Waals surface area contributed by atoms with Crippen LogP contribution in [0.3, 0.4) is 0 Å². The van der Waals surface area contributed by atoms with Crippen molar-refractivity contribution in [3.05, 3.63) is 76.4 Å². The standard InChI is InChI=1S/C18H12Cl2N4O3/c19-13-3-1-4-14(20)12(13)10-24-9-11(8-21-24)22-18(25)15-7-17(27-23-15)16-5-2-6-26-16/h1-9H,10H2,(H,22,25). The monoisotopic (exact) mass is 402 g/mol. The summed E-state index contributed by atoms with van der Waals surface area (Å²) in [5.41, 5.74) is 1.38. The molecule has 0 bridgehead atoms. The Bertz CT molecular complexity index is 1070. The van der Waals surface area contributed by atoms with Crippen LogP contribution >= 0.6 is 23.2 Å². The quantitative estimate of drug-likeness (QED) is 0.520. The average molecular weight is 403 g/mol. The maximum Gasteiger partial charge on any atom is 0.277 e. The van der Waals surface area contributed by atoms with E-state index in [-0.39, 0.29) is 5.69 Å². The number of nitrogens with zero attached hydrogens (tertiary/aromatic N) is 3. The first-order valence-corrected chi connectivity index (χ1v) is 8.63. The first-order valence-electron chi connectivity index (χ1n) is 7.87. The molecule has 0 saturated heterocycles. The van der Waals surface area contributed by atoms with E-state index in [0.29, 0.717) is 33.8 Å². The van der Waals surface area contributed by atoms with Gasteiger partial charge in [-0.25, -0.2) is 0 Å². The molecule has 1 aromatic carbocycles. The van der Waals surface area contributed by atoms with Gasteiger partial charge in [-0.1, -0.05) is 34.4 Å². The number of carbonyl (C=O) groups is 1. The minimum Gasteiger partial charge on any atom is -0.461 e. The second-order valence-electron chi connectivity index (χ2n) is 5.63. The molecule has 0 unspecified atom stereocenters. The molecule has 4 aromatic rings. The number of carbonyl (C=O) groups excluding carboxylic acids is 1. The van der Waals surface area contributed by atoms with E-state index in [9.17, 15) is 4.79 Å². The van der Waals surface area contributed by atoms with Crippen LogP contribution in [0.5, 0.6) is 0 Å². The Balaban J connectivity index is 1.45. The summed E-state index contributed by atoms with van der Waals surface area (Å²) in [4.78, 5) is 12.3. The largest absolute Gasteiger partial charge is 0.461 e. The molecule has 0 atom stereocenters. The second kappa shape index (κ2) is 7.30. The summed E-state index contributed by atoms with van der Waals surface area (Å²) in [5, 5.41) is 11.8.